The van der Waals surface area contributed by atoms with Crippen molar-refractivity contribution < 1.29 is 14.4 Å². The summed E-state index contributed by atoms with van der Waals surface area (Å²) in [4.78, 5) is 50.7. The van der Waals surface area contributed by atoms with Crippen LogP contribution in [0, 0.1) is 34.6 Å². The highest BCUT2D eigenvalue weighted by atomic mass is 35.5. The molecule has 15 heteroatoms. The van der Waals surface area contributed by atoms with E-state index in [4.69, 9.17) is 16.6 Å². The maximum Gasteiger partial charge on any atom is 0.259 e. The quantitative estimate of drug-likeness (QED) is 0.0605. The van der Waals surface area contributed by atoms with E-state index in [2.05, 4.69) is 54.9 Å². The predicted octanol–water partition coefficient (Wildman–Crippen LogP) is 8.98. The van der Waals surface area contributed by atoms with Crippen LogP contribution in [0.3, 0.4) is 0 Å². The van der Waals surface area contributed by atoms with E-state index in [0.29, 0.717) is 46.7 Å². The van der Waals surface area contributed by atoms with Gasteiger partial charge < -0.3 is 16.0 Å². The Bertz CT molecular complexity index is 2240. The minimum atomic E-state index is -0.498. The van der Waals surface area contributed by atoms with Gasteiger partial charge in [0.2, 0.25) is 11.8 Å². The van der Waals surface area contributed by atoms with E-state index in [-0.39, 0.29) is 24.1 Å². The lowest BCUT2D eigenvalue weighted by Gasteiger charge is -2.13. The Morgan fingerprint density at radius 2 is 1.50 bits per heavy atom. The summed E-state index contributed by atoms with van der Waals surface area (Å²) >= 11 is 9.35. The molecule has 0 aliphatic carbocycles. The van der Waals surface area contributed by atoms with Gasteiger partial charge in [0.05, 0.1) is 29.1 Å². The summed E-state index contributed by atoms with van der Waals surface area (Å²) in [5.74, 6) is 0.962. The van der Waals surface area contributed by atoms with Gasteiger partial charge in [0, 0.05) is 45.4 Å². The Balaban J connectivity index is 0.851. The molecule has 0 fully saturated rings. The number of carbonyl (C=O) groups excluding carboxylic acids is 3. The second-order valence-corrected chi connectivity index (χ2v) is 17.5. The molecule has 3 amide bonds. The molecule has 4 N–H and O–H groups in total. The second kappa shape index (κ2) is 20.3. The lowest BCUT2D eigenvalue weighted by atomic mass is 9.99. The van der Waals surface area contributed by atoms with Gasteiger partial charge >= 0.3 is 0 Å². The fourth-order valence-electron chi connectivity index (χ4n) is 6.91. The fourth-order valence-corrected chi connectivity index (χ4v) is 9.06. The fraction of sp³-hybridized carbons (Fsp3) is 0.419. The number of fused-ring (bicyclic) bond motifs is 3. The first-order chi connectivity index (χ1) is 28.0. The molecule has 0 unspecified atom stereocenters. The number of amides is 3. The van der Waals surface area contributed by atoms with Crippen LogP contribution in [0.2, 0.25) is 5.02 Å². The number of aliphatic imine (C=N–C) groups is 1. The number of aromatic nitrogens is 4. The van der Waals surface area contributed by atoms with Gasteiger partial charge in [0.1, 0.15) is 16.9 Å². The number of hydrogen-bond acceptors (Lipinski definition) is 10. The number of hydrogen-bond donors (Lipinski definition) is 4. The smallest absolute Gasteiger partial charge is 0.259 e. The van der Waals surface area contributed by atoms with Crippen LogP contribution < -0.4 is 21.3 Å². The molecule has 0 radical (unpaired) electrons. The SMILES string of the molecule is Cc1nc(NC(=O)c2ccccc2NC(=O)CCCCCCCCCNCCNC(=O)C[C@@H]2N=C(c3ccc(Cl)cc3)c3c(sc(C)c3C)-n3c(C)nnc32)sc1C. The van der Waals surface area contributed by atoms with Crippen LogP contribution in [0.4, 0.5) is 10.8 Å². The van der Waals surface area contributed by atoms with E-state index >= 15 is 0 Å². The molecule has 0 spiro atoms. The maximum absolute atomic E-state index is 13.2. The molecule has 58 heavy (non-hydrogen) atoms. The number of anilines is 2. The topological polar surface area (TPSA) is 155 Å². The Morgan fingerprint density at radius 1 is 0.776 bits per heavy atom. The molecule has 0 bridgehead atoms. The molecular weight excluding hydrogens is 790 g/mol. The van der Waals surface area contributed by atoms with Gasteiger partial charge in [0.15, 0.2) is 11.0 Å². The van der Waals surface area contributed by atoms with Crippen LogP contribution in [-0.4, -0.2) is 62.8 Å². The van der Waals surface area contributed by atoms with E-state index in [1.54, 1.807) is 29.5 Å². The first-order valence-corrected chi connectivity index (χ1v) is 22.0. The lowest BCUT2D eigenvalue weighted by Crippen LogP contribution is -2.33. The van der Waals surface area contributed by atoms with E-state index in [1.165, 1.54) is 16.2 Å². The van der Waals surface area contributed by atoms with Crippen LogP contribution in [-0.2, 0) is 9.59 Å². The number of rotatable bonds is 19. The minimum Gasteiger partial charge on any atom is -0.355 e. The number of aryl methyl sites for hydroxylation is 4. The maximum atomic E-state index is 13.2. The van der Waals surface area contributed by atoms with Crippen molar-refractivity contribution in [1.29, 1.82) is 0 Å². The van der Waals surface area contributed by atoms with Crippen molar-refractivity contribution in [3.8, 4) is 5.00 Å². The molecule has 4 heterocycles. The second-order valence-electron chi connectivity index (χ2n) is 14.6. The largest absolute Gasteiger partial charge is 0.355 e. The third kappa shape index (κ3) is 10.8. The normalized spacial score (nSPS) is 13.3. The van der Waals surface area contributed by atoms with Gasteiger partial charge in [-0.3, -0.25) is 29.3 Å². The van der Waals surface area contributed by atoms with Crippen LogP contribution >= 0.6 is 34.3 Å². The highest BCUT2D eigenvalue weighted by molar-refractivity contribution is 7.16. The number of thiazole rings is 1. The number of carbonyl (C=O) groups is 3. The number of unbranched alkanes of at least 4 members (excludes halogenated alkanes) is 6. The van der Waals surface area contributed by atoms with Gasteiger partial charge in [-0.15, -0.1) is 32.9 Å². The molecule has 0 saturated heterocycles. The summed E-state index contributed by atoms with van der Waals surface area (Å²) in [6.45, 7) is 12.1. The Kier molecular flexibility index (Phi) is 15.0. The Labute approximate surface area is 353 Å². The molecule has 0 saturated carbocycles. The summed E-state index contributed by atoms with van der Waals surface area (Å²) < 4.78 is 2.06. The van der Waals surface area contributed by atoms with Crippen molar-refractivity contribution in [1.82, 2.24) is 30.4 Å². The van der Waals surface area contributed by atoms with Crippen molar-refractivity contribution in [2.45, 2.75) is 98.4 Å². The molecular formula is C43H52ClN9O3S2. The molecule has 1 aliphatic heterocycles. The Hall–Kier alpha value is -4.76. The number of halogens is 1. The molecule has 2 aromatic carbocycles. The van der Waals surface area contributed by atoms with E-state index < -0.39 is 6.04 Å². The summed E-state index contributed by atoms with van der Waals surface area (Å²) in [5, 5.41) is 23.4. The molecule has 3 aromatic heterocycles. The number of nitrogens with one attached hydrogen (secondary N) is 4. The standard InChI is InChI=1S/C43H52ClN9O3S2/c1-26-28(3)57-42-38(26)39(31-18-20-32(44)21-19-31)49-35(40-52-51-30(5)53(40)42)25-37(55)46-24-23-45-22-14-10-8-6-7-9-11-17-36(54)48-34-16-13-12-15-33(34)41(56)50-43-47-27(2)29(4)58-43/h12-13,15-16,18-21,35,45H,6-11,14,17,22-25H2,1-5H3,(H,46,55)(H,48,54)(H,47,50,56)/t35-/m0/s1. The first-order valence-electron chi connectivity index (χ1n) is 20.0. The lowest BCUT2D eigenvalue weighted by molar-refractivity contribution is -0.121. The molecule has 12 nitrogen and oxygen atoms in total. The van der Waals surface area contributed by atoms with Crippen molar-refractivity contribution in [2.24, 2.45) is 4.99 Å². The molecule has 1 atom stereocenters. The zero-order chi connectivity index (χ0) is 41.2. The van der Waals surface area contributed by atoms with E-state index in [0.717, 1.165) is 95.3 Å². The van der Waals surface area contributed by atoms with Crippen molar-refractivity contribution >= 4 is 68.5 Å². The van der Waals surface area contributed by atoms with Crippen LogP contribution in [0.1, 0.15) is 118 Å². The Morgan fingerprint density at radius 3 is 2.24 bits per heavy atom. The molecule has 5 aromatic rings. The number of thiophene rings is 1. The summed E-state index contributed by atoms with van der Waals surface area (Å²) in [5.41, 5.74) is 5.78. The highest BCUT2D eigenvalue weighted by Gasteiger charge is 2.32. The first kappa shape index (κ1) is 42.8. The summed E-state index contributed by atoms with van der Waals surface area (Å²) in [6, 6.07) is 14.2. The van der Waals surface area contributed by atoms with Gasteiger partial charge in [0.25, 0.3) is 5.91 Å². The van der Waals surface area contributed by atoms with E-state index in [1.807, 2.05) is 51.1 Å². The van der Waals surface area contributed by atoms with Gasteiger partial charge in [-0.2, -0.15) is 0 Å². The molecule has 306 valence electrons. The zero-order valence-corrected chi connectivity index (χ0v) is 36.2. The monoisotopic (exact) mass is 841 g/mol. The van der Waals surface area contributed by atoms with E-state index in [9.17, 15) is 14.4 Å². The van der Waals surface area contributed by atoms with Crippen LogP contribution in [0.25, 0.3) is 5.00 Å². The third-order valence-electron chi connectivity index (χ3n) is 10.3. The number of benzene rings is 2. The average molecular weight is 843 g/mol. The zero-order valence-electron chi connectivity index (χ0n) is 33.8. The molecule has 6 rings (SSSR count). The van der Waals surface area contributed by atoms with Gasteiger partial charge in [-0.25, -0.2) is 4.98 Å². The summed E-state index contributed by atoms with van der Waals surface area (Å²) in [7, 11) is 0. The van der Waals surface area contributed by atoms with Crippen LogP contribution in [0.15, 0.2) is 53.5 Å². The van der Waals surface area contributed by atoms with Gasteiger partial charge in [-0.05, 0) is 83.8 Å². The van der Waals surface area contributed by atoms with Gasteiger partial charge in [-0.1, -0.05) is 68.0 Å². The third-order valence-corrected chi connectivity index (χ3v) is 12.7. The van der Waals surface area contributed by atoms with Crippen molar-refractivity contribution in [3.05, 3.63) is 103 Å². The average Bonchev–Trinajstić information content (AvgIpc) is 3.80. The minimum absolute atomic E-state index is 0.0845. The van der Waals surface area contributed by atoms with Crippen molar-refractivity contribution in [3.63, 3.8) is 0 Å². The van der Waals surface area contributed by atoms with Crippen LogP contribution in [0.5, 0.6) is 0 Å². The summed E-state index contributed by atoms with van der Waals surface area (Å²) in [6.07, 6.45) is 7.89. The van der Waals surface area contributed by atoms with Crippen molar-refractivity contribution in [2.75, 3.05) is 30.3 Å². The highest BCUT2D eigenvalue weighted by Crippen LogP contribution is 2.39. The predicted molar refractivity (Wildman–Crippen MR) is 235 cm³/mol. The number of nitrogens with zero attached hydrogens (tertiary/aromatic N) is 5. The molecule has 1 aliphatic rings. The number of para-hydroxylation sites is 1.